The van der Waals surface area contributed by atoms with E-state index in [1.54, 1.807) is 30.3 Å². The summed E-state index contributed by atoms with van der Waals surface area (Å²) in [6.07, 6.45) is -14.6. The van der Waals surface area contributed by atoms with Gasteiger partial charge >= 0.3 is 53.8 Å². The number of amides is 1. The molecule has 1 aromatic rings. The molecule has 0 radical (unpaired) electrons. The summed E-state index contributed by atoms with van der Waals surface area (Å²) in [5.74, 6) is -7.52. The first-order chi connectivity index (χ1) is 29.8. The van der Waals surface area contributed by atoms with Crippen LogP contribution in [0.5, 0.6) is 0 Å². The van der Waals surface area contributed by atoms with E-state index in [4.69, 9.17) is 56.8 Å². The number of alkyl carbamates (subject to hydrolysis) is 1. The standard InChI is InChI=1S/C40H51NO21S/c1-9-15-51-37(49)28(41-40(50)54-16-27-13-11-10-12-14-27)19-63-39-36(59-26(8)48)34(57-24(6)46)32(30(61-39)18-53-21(3)43)62-38-35(58-25(7)47)33(56-23(5)45)31(55-22(4)44)29(60-38)17-52-20(2)42/h9-14,28-36,38-39H,1,15-19H2,2-8H3,(H,41,50)/t28-,29+,30+,31+,32+,33-,34-,35+,36+,38-,39-/m0/s1. The molecule has 2 aliphatic rings. The van der Waals surface area contributed by atoms with Crippen LogP contribution in [0.25, 0.3) is 0 Å². The Morgan fingerprint density at radius 1 is 0.619 bits per heavy atom. The van der Waals surface area contributed by atoms with Gasteiger partial charge in [0.2, 0.25) is 0 Å². The fraction of sp³-hybridized carbons (Fsp3) is 0.575. The number of hydrogen-bond donors (Lipinski definition) is 1. The average Bonchev–Trinajstić information content (AvgIpc) is 3.19. The highest BCUT2D eigenvalue weighted by atomic mass is 32.2. The van der Waals surface area contributed by atoms with Crippen molar-refractivity contribution in [3.05, 3.63) is 48.6 Å². The molecular weight excluding hydrogens is 862 g/mol. The van der Waals surface area contributed by atoms with Gasteiger partial charge < -0.3 is 62.2 Å². The predicted molar refractivity (Wildman–Crippen MR) is 210 cm³/mol. The minimum Gasteiger partial charge on any atom is -0.463 e. The summed E-state index contributed by atoms with van der Waals surface area (Å²) >= 11 is 0.784. The Hall–Kier alpha value is -5.78. The molecule has 1 amide bonds. The zero-order valence-corrected chi connectivity index (χ0v) is 36.4. The minimum atomic E-state index is -1.88. The molecular formula is C40H51NO21S. The summed E-state index contributed by atoms with van der Waals surface area (Å²) in [5.41, 5.74) is -0.741. The maximum Gasteiger partial charge on any atom is 0.408 e. The molecule has 2 heterocycles. The summed E-state index contributed by atoms with van der Waals surface area (Å²) in [7, 11) is 0. The molecule has 11 atom stereocenters. The highest BCUT2D eigenvalue weighted by molar-refractivity contribution is 7.99. The molecule has 0 aliphatic carbocycles. The Morgan fingerprint density at radius 2 is 1.11 bits per heavy atom. The second kappa shape index (κ2) is 25.4. The van der Waals surface area contributed by atoms with E-state index in [1.165, 1.54) is 6.08 Å². The zero-order chi connectivity index (χ0) is 46.8. The number of hydrogen-bond acceptors (Lipinski definition) is 22. The molecule has 2 saturated heterocycles. The van der Waals surface area contributed by atoms with Gasteiger partial charge in [0.15, 0.2) is 36.8 Å². The first-order valence-electron chi connectivity index (χ1n) is 19.2. The Labute approximate surface area is 366 Å². The molecule has 2 aliphatic heterocycles. The number of nitrogens with one attached hydrogen (secondary N) is 1. The molecule has 0 saturated carbocycles. The summed E-state index contributed by atoms with van der Waals surface area (Å²) in [5, 5.41) is 2.43. The van der Waals surface area contributed by atoms with Crippen LogP contribution in [0.2, 0.25) is 0 Å². The Morgan fingerprint density at radius 3 is 1.63 bits per heavy atom. The zero-order valence-electron chi connectivity index (χ0n) is 35.5. The van der Waals surface area contributed by atoms with E-state index in [0.717, 1.165) is 60.2 Å². The fourth-order valence-electron chi connectivity index (χ4n) is 6.11. The maximum absolute atomic E-state index is 13.2. The largest absolute Gasteiger partial charge is 0.463 e. The molecule has 348 valence electrons. The molecule has 0 spiro atoms. The third-order valence-electron chi connectivity index (χ3n) is 8.45. The summed E-state index contributed by atoms with van der Waals surface area (Å²) < 4.78 is 67.5. The predicted octanol–water partition coefficient (Wildman–Crippen LogP) is 1.36. The van der Waals surface area contributed by atoms with Crippen LogP contribution in [-0.4, -0.2) is 146 Å². The van der Waals surface area contributed by atoms with Crippen molar-refractivity contribution >= 4 is 65.6 Å². The number of carbonyl (C=O) groups excluding carboxylic acids is 9. The molecule has 1 N–H and O–H groups in total. The van der Waals surface area contributed by atoms with Gasteiger partial charge in [-0.25, -0.2) is 9.59 Å². The number of thioether (sulfide) groups is 1. The van der Waals surface area contributed by atoms with Crippen molar-refractivity contribution in [2.24, 2.45) is 0 Å². The van der Waals surface area contributed by atoms with Gasteiger partial charge in [-0.05, 0) is 5.56 Å². The van der Waals surface area contributed by atoms with Crippen molar-refractivity contribution in [1.82, 2.24) is 5.32 Å². The van der Waals surface area contributed by atoms with E-state index in [0.29, 0.717) is 5.56 Å². The van der Waals surface area contributed by atoms with E-state index in [1.807, 2.05) is 0 Å². The fourth-order valence-corrected chi connectivity index (χ4v) is 7.34. The second-order valence-corrected chi connectivity index (χ2v) is 14.8. The van der Waals surface area contributed by atoms with E-state index >= 15 is 0 Å². The monoisotopic (exact) mass is 913 g/mol. The third-order valence-corrected chi connectivity index (χ3v) is 9.68. The summed E-state index contributed by atoms with van der Waals surface area (Å²) in [6, 6.07) is 7.26. The van der Waals surface area contributed by atoms with E-state index < -0.39 is 134 Å². The van der Waals surface area contributed by atoms with Crippen LogP contribution in [0.3, 0.4) is 0 Å². The molecule has 0 unspecified atom stereocenters. The molecule has 1 aromatic carbocycles. The Bertz CT molecular complexity index is 1790. The van der Waals surface area contributed by atoms with Gasteiger partial charge in [0.1, 0.15) is 56.2 Å². The first-order valence-corrected chi connectivity index (χ1v) is 20.3. The lowest BCUT2D eigenvalue weighted by Crippen LogP contribution is -2.67. The number of esters is 8. The molecule has 0 bridgehead atoms. The highest BCUT2D eigenvalue weighted by Crippen LogP contribution is 2.38. The van der Waals surface area contributed by atoms with Crippen molar-refractivity contribution in [1.29, 1.82) is 0 Å². The van der Waals surface area contributed by atoms with Gasteiger partial charge in [-0.1, -0.05) is 43.0 Å². The lowest BCUT2D eigenvalue weighted by molar-refractivity contribution is -0.341. The van der Waals surface area contributed by atoms with E-state index in [9.17, 15) is 43.2 Å². The number of carbonyl (C=O) groups is 9. The number of rotatable bonds is 20. The quantitative estimate of drug-likeness (QED) is 0.110. The summed E-state index contributed by atoms with van der Waals surface area (Å²) in [4.78, 5) is 113. The third kappa shape index (κ3) is 17.1. The lowest BCUT2D eigenvalue weighted by atomic mass is 9.96. The van der Waals surface area contributed by atoms with Crippen molar-refractivity contribution in [3.63, 3.8) is 0 Å². The van der Waals surface area contributed by atoms with Crippen molar-refractivity contribution in [2.45, 2.75) is 122 Å². The first kappa shape index (κ1) is 51.6. The molecule has 2 fully saturated rings. The van der Waals surface area contributed by atoms with Crippen LogP contribution < -0.4 is 5.32 Å². The SMILES string of the molecule is C=CCOC(=O)[C@H](CS[C@@H]1O[C@H](COC(C)=O)[C@@H](O[C@@H]2O[C@H](COC(C)=O)[C@@H](OC(C)=O)[C@H](OC(C)=O)[C@H]2OC(C)=O)[C@H](OC(C)=O)[C@H]1OC(C)=O)NC(=O)OCc1ccccc1. The van der Waals surface area contributed by atoms with Gasteiger partial charge in [-0.15, -0.1) is 11.8 Å². The highest BCUT2D eigenvalue weighted by Gasteiger charge is 2.57. The van der Waals surface area contributed by atoms with Gasteiger partial charge in [-0.3, -0.25) is 33.6 Å². The van der Waals surface area contributed by atoms with Crippen LogP contribution in [0.15, 0.2) is 43.0 Å². The Balaban J connectivity index is 2.09. The molecule has 23 heteroatoms. The van der Waals surface area contributed by atoms with Gasteiger partial charge in [-0.2, -0.15) is 0 Å². The van der Waals surface area contributed by atoms with E-state index in [-0.39, 0.29) is 19.0 Å². The molecule has 0 aromatic heterocycles. The maximum atomic E-state index is 13.2. The normalized spacial score (nSPS) is 25.6. The summed E-state index contributed by atoms with van der Waals surface area (Å²) in [6.45, 7) is 9.14. The van der Waals surface area contributed by atoms with Crippen molar-refractivity contribution in [2.75, 3.05) is 25.6 Å². The molecule has 63 heavy (non-hydrogen) atoms. The van der Waals surface area contributed by atoms with Crippen LogP contribution in [0.1, 0.15) is 54.0 Å². The topological polar surface area (TPSA) is 276 Å². The molecule has 3 rings (SSSR count). The molecule has 22 nitrogen and oxygen atoms in total. The van der Waals surface area contributed by atoms with Gasteiger partial charge in [0.25, 0.3) is 0 Å². The van der Waals surface area contributed by atoms with E-state index in [2.05, 4.69) is 11.9 Å². The number of ether oxygens (including phenoxy) is 12. The lowest BCUT2D eigenvalue weighted by Gasteiger charge is -2.48. The van der Waals surface area contributed by atoms with Crippen LogP contribution in [0.4, 0.5) is 4.79 Å². The minimum absolute atomic E-state index is 0.142. The van der Waals surface area contributed by atoms with Crippen LogP contribution in [0, 0.1) is 0 Å². The smallest absolute Gasteiger partial charge is 0.408 e. The second-order valence-electron chi connectivity index (χ2n) is 13.7. The van der Waals surface area contributed by atoms with Gasteiger partial charge in [0.05, 0.1) is 0 Å². The van der Waals surface area contributed by atoms with Gasteiger partial charge in [0, 0.05) is 54.2 Å². The Kier molecular flexibility index (Phi) is 20.8. The average molecular weight is 914 g/mol. The van der Waals surface area contributed by atoms with Crippen LogP contribution >= 0.6 is 11.8 Å². The number of benzene rings is 1. The van der Waals surface area contributed by atoms with Crippen molar-refractivity contribution in [3.8, 4) is 0 Å². The van der Waals surface area contributed by atoms with Crippen molar-refractivity contribution < 1.29 is 100.0 Å². The van der Waals surface area contributed by atoms with Crippen LogP contribution in [-0.2, 0) is 102 Å².